The van der Waals surface area contributed by atoms with Crippen LogP contribution >= 0.6 is 0 Å². The summed E-state index contributed by atoms with van der Waals surface area (Å²) in [4.78, 5) is 13.9. The zero-order chi connectivity index (χ0) is 20.8. The van der Waals surface area contributed by atoms with E-state index >= 15 is 0 Å². The number of hydrogen-bond acceptors (Lipinski definition) is 3. The van der Waals surface area contributed by atoms with Gasteiger partial charge in [-0.05, 0) is 37.1 Å². The minimum absolute atomic E-state index is 0.268. The number of carbonyl (C=O) groups excluding carboxylic acids is 1. The molecule has 1 N–H and O–H groups in total. The summed E-state index contributed by atoms with van der Waals surface area (Å²) < 4.78 is 55.9. The fourth-order valence-corrected chi connectivity index (χ4v) is 5.45. The van der Waals surface area contributed by atoms with Gasteiger partial charge in [-0.1, -0.05) is 18.2 Å². The molecule has 10 heteroatoms. The van der Waals surface area contributed by atoms with E-state index in [0.717, 1.165) is 12.1 Å². The van der Waals surface area contributed by atoms with Crippen molar-refractivity contribution in [1.29, 1.82) is 0 Å². The Kier molecular flexibility index (Phi) is 4.81. The van der Waals surface area contributed by atoms with E-state index < -0.39 is 33.6 Å². The number of benzene rings is 2. The summed E-state index contributed by atoms with van der Waals surface area (Å²) in [7, 11) is -2.16. The van der Waals surface area contributed by atoms with Crippen molar-refractivity contribution in [2.75, 3.05) is 34.1 Å². The molecule has 0 aromatic heterocycles. The number of nitrogens with one attached hydrogen (secondary N) is 1. The molecule has 4 rings (SSSR count). The van der Waals surface area contributed by atoms with E-state index in [1.165, 1.54) is 26.6 Å². The zero-order valence-corrected chi connectivity index (χ0v) is 16.5. The standard InChI is InChI=1S/C19H20F2N4O3S/c1-23-16-7-2-3-8-17(16)25(29(23,27)28)13-9-11-24(12-10-13)19(26)22-18-14(20)5-4-6-15(18)21/h2-8,13H,9-12H2,1H3,(H,22,26). The number of halogens is 2. The molecule has 0 aliphatic carbocycles. The van der Waals surface area contributed by atoms with Gasteiger partial charge in [-0.2, -0.15) is 8.42 Å². The molecule has 2 heterocycles. The Morgan fingerprint density at radius 3 is 2.21 bits per heavy atom. The lowest BCUT2D eigenvalue weighted by molar-refractivity contribution is 0.195. The lowest BCUT2D eigenvalue weighted by Gasteiger charge is -2.36. The monoisotopic (exact) mass is 422 g/mol. The van der Waals surface area contributed by atoms with Crippen LogP contribution in [0.4, 0.5) is 30.6 Å². The summed E-state index contributed by atoms with van der Waals surface area (Å²) in [5.41, 5.74) is 0.742. The molecular formula is C19H20F2N4O3S. The van der Waals surface area contributed by atoms with Gasteiger partial charge in [0.05, 0.1) is 17.4 Å². The fraction of sp³-hybridized carbons (Fsp3) is 0.316. The molecule has 0 bridgehead atoms. The average molecular weight is 422 g/mol. The van der Waals surface area contributed by atoms with Gasteiger partial charge in [0.2, 0.25) is 0 Å². The number of anilines is 3. The van der Waals surface area contributed by atoms with E-state index in [2.05, 4.69) is 5.32 Å². The zero-order valence-electron chi connectivity index (χ0n) is 15.7. The highest BCUT2D eigenvalue weighted by atomic mass is 32.2. The lowest BCUT2D eigenvalue weighted by atomic mass is 10.0. The van der Waals surface area contributed by atoms with Gasteiger partial charge in [0.25, 0.3) is 0 Å². The molecule has 2 aliphatic heterocycles. The maximum Gasteiger partial charge on any atom is 0.326 e. The SMILES string of the molecule is CN1c2ccccc2N(C2CCN(C(=O)Nc3c(F)cccc3F)CC2)S1(=O)=O. The Balaban J connectivity index is 1.47. The first-order valence-electron chi connectivity index (χ1n) is 9.18. The Hall–Kier alpha value is -2.88. The molecule has 0 unspecified atom stereocenters. The van der Waals surface area contributed by atoms with Gasteiger partial charge in [-0.25, -0.2) is 17.9 Å². The highest BCUT2D eigenvalue weighted by Crippen LogP contribution is 2.42. The van der Waals surface area contributed by atoms with Crippen molar-refractivity contribution < 1.29 is 22.0 Å². The summed E-state index contributed by atoms with van der Waals surface area (Å²) in [6.07, 6.45) is 0.823. The normalized spacial score (nSPS) is 18.7. The van der Waals surface area contributed by atoms with Crippen molar-refractivity contribution in [3.8, 4) is 0 Å². The van der Waals surface area contributed by atoms with Crippen molar-refractivity contribution in [3.05, 3.63) is 54.1 Å². The van der Waals surface area contributed by atoms with Crippen LogP contribution in [-0.4, -0.2) is 45.5 Å². The molecule has 1 saturated heterocycles. The predicted octanol–water partition coefficient (Wildman–Crippen LogP) is 3.16. The number of piperidine rings is 1. The van der Waals surface area contributed by atoms with Crippen molar-refractivity contribution >= 4 is 33.3 Å². The summed E-state index contributed by atoms with van der Waals surface area (Å²) in [6, 6.07) is 9.50. The molecule has 7 nitrogen and oxygen atoms in total. The topological polar surface area (TPSA) is 73.0 Å². The maximum atomic E-state index is 13.8. The second-order valence-electron chi connectivity index (χ2n) is 7.00. The minimum Gasteiger partial charge on any atom is -0.324 e. The van der Waals surface area contributed by atoms with Crippen LogP contribution in [0.15, 0.2) is 42.5 Å². The van der Waals surface area contributed by atoms with Gasteiger partial charge in [-0.15, -0.1) is 0 Å². The number of amides is 2. The number of fused-ring (bicyclic) bond motifs is 1. The van der Waals surface area contributed by atoms with E-state index in [-0.39, 0.29) is 19.1 Å². The Labute approximate surface area is 167 Å². The van der Waals surface area contributed by atoms with Crippen molar-refractivity contribution in [2.45, 2.75) is 18.9 Å². The lowest BCUT2D eigenvalue weighted by Crippen LogP contribution is -2.50. The number of para-hydroxylation sites is 3. The van der Waals surface area contributed by atoms with Crippen LogP contribution in [-0.2, 0) is 10.2 Å². The summed E-state index contributed by atoms with van der Waals surface area (Å²) in [5.74, 6) is -1.70. The average Bonchev–Trinajstić information content (AvgIpc) is 2.91. The maximum absolute atomic E-state index is 13.8. The molecule has 29 heavy (non-hydrogen) atoms. The highest BCUT2D eigenvalue weighted by molar-refractivity contribution is 7.94. The molecule has 2 aromatic rings. The fourth-order valence-electron chi connectivity index (χ4n) is 3.79. The first kappa shape index (κ1) is 19.4. The second kappa shape index (κ2) is 7.18. The summed E-state index contributed by atoms with van der Waals surface area (Å²) >= 11 is 0. The van der Waals surface area contributed by atoms with E-state index in [4.69, 9.17) is 0 Å². The summed E-state index contributed by atoms with van der Waals surface area (Å²) in [5, 5.41) is 2.27. The number of hydrogen-bond donors (Lipinski definition) is 1. The third kappa shape index (κ3) is 3.27. The van der Waals surface area contributed by atoms with E-state index in [0.29, 0.717) is 24.2 Å². The quantitative estimate of drug-likeness (QED) is 0.808. The third-order valence-corrected chi connectivity index (χ3v) is 7.21. The van der Waals surface area contributed by atoms with Gasteiger partial charge < -0.3 is 10.2 Å². The van der Waals surface area contributed by atoms with Crippen LogP contribution in [0.25, 0.3) is 0 Å². The first-order valence-corrected chi connectivity index (χ1v) is 10.6. The number of nitrogens with zero attached hydrogens (tertiary/aromatic N) is 3. The smallest absolute Gasteiger partial charge is 0.324 e. The van der Waals surface area contributed by atoms with Crippen LogP contribution < -0.4 is 13.9 Å². The third-order valence-electron chi connectivity index (χ3n) is 5.33. The number of carbonyl (C=O) groups is 1. The first-order chi connectivity index (χ1) is 13.8. The van der Waals surface area contributed by atoms with Crippen LogP contribution in [0, 0.1) is 11.6 Å². The van der Waals surface area contributed by atoms with Crippen molar-refractivity contribution in [1.82, 2.24) is 4.90 Å². The van der Waals surface area contributed by atoms with E-state index in [1.54, 1.807) is 24.3 Å². The van der Waals surface area contributed by atoms with Crippen molar-refractivity contribution in [2.24, 2.45) is 0 Å². The molecule has 0 spiro atoms. The van der Waals surface area contributed by atoms with Crippen molar-refractivity contribution in [3.63, 3.8) is 0 Å². The van der Waals surface area contributed by atoms with Crippen LogP contribution in [0.3, 0.4) is 0 Å². The predicted molar refractivity (Wildman–Crippen MR) is 106 cm³/mol. The molecule has 0 saturated carbocycles. The molecule has 2 aromatic carbocycles. The molecule has 0 radical (unpaired) electrons. The van der Waals surface area contributed by atoms with Gasteiger partial charge in [0.1, 0.15) is 17.3 Å². The minimum atomic E-state index is -3.67. The molecule has 1 fully saturated rings. The van der Waals surface area contributed by atoms with Crippen LogP contribution in [0.5, 0.6) is 0 Å². The second-order valence-corrected chi connectivity index (χ2v) is 8.84. The molecule has 0 atom stereocenters. The van der Waals surface area contributed by atoms with E-state index in [9.17, 15) is 22.0 Å². The van der Waals surface area contributed by atoms with Gasteiger partial charge >= 0.3 is 16.2 Å². The van der Waals surface area contributed by atoms with Gasteiger partial charge in [-0.3, -0.25) is 4.31 Å². The summed E-state index contributed by atoms with van der Waals surface area (Å²) in [6.45, 7) is 0.537. The Morgan fingerprint density at radius 1 is 1.00 bits per heavy atom. The molecule has 154 valence electrons. The Morgan fingerprint density at radius 2 is 1.59 bits per heavy atom. The highest BCUT2D eigenvalue weighted by Gasteiger charge is 2.43. The van der Waals surface area contributed by atoms with Crippen LogP contribution in [0.2, 0.25) is 0 Å². The molecule has 2 amide bonds. The van der Waals surface area contributed by atoms with Crippen LogP contribution in [0.1, 0.15) is 12.8 Å². The Bertz CT molecular complexity index is 1030. The number of rotatable bonds is 2. The molecular weight excluding hydrogens is 402 g/mol. The molecule has 2 aliphatic rings. The van der Waals surface area contributed by atoms with Gasteiger partial charge in [0, 0.05) is 20.1 Å². The largest absolute Gasteiger partial charge is 0.326 e. The number of likely N-dealkylation sites (tertiary alicyclic amines) is 1. The number of urea groups is 1. The van der Waals surface area contributed by atoms with E-state index in [1.807, 2.05) is 0 Å². The van der Waals surface area contributed by atoms with Gasteiger partial charge in [0.15, 0.2) is 0 Å².